The second kappa shape index (κ2) is 12.1. The Bertz CT molecular complexity index is 1160. The Kier molecular flexibility index (Phi) is 8.91. The molecule has 1 N–H and O–H groups in total. The maximum atomic E-state index is 13.1. The number of urea groups is 1. The highest BCUT2D eigenvalue weighted by molar-refractivity contribution is 7.99. The predicted molar refractivity (Wildman–Crippen MR) is 133 cm³/mol. The van der Waals surface area contributed by atoms with E-state index in [2.05, 4.69) is 5.32 Å². The van der Waals surface area contributed by atoms with Crippen LogP contribution < -0.4 is 19.7 Å². The molecule has 9 nitrogen and oxygen atoms in total. The zero-order chi connectivity index (χ0) is 25.4. The van der Waals surface area contributed by atoms with Crippen LogP contribution in [0.15, 0.2) is 48.0 Å². The normalized spacial score (nSPS) is 14.7. The van der Waals surface area contributed by atoms with Gasteiger partial charge in [-0.2, -0.15) is 0 Å². The lowest BCUT2D eigenvalue weighted by Gasteiger charge is -2.26. The highest BCUT2D eigenvalue weighted by atomic mass is 32.2. The molecule has 0 aromatic heterocycles. The number of amides is 4. The molecule has 0 radical (unpaired) electrons. The number of esters is 1. The van der Waals surface area contributed by atoms with E-state index < -0.39 is 17.8 Å². The van der Waals surface area contributed by atoms with E-state index in [1.807, 2.05) is 13.0 Å². The number of ether oxygens (including phenoxy) is 3. The van der Waals surface area contributed by atoms with Gasteiger partial charge in [0.2, 0.25) is 0 Å². The van der Waals surface area contributed by atoms with Crippen molar-refractivity contribution in [1.29, 1.82) is 0 Å². The van der Waals surface area contributed by atoms with E-state index in [1.165, 1.54) is 24.9 Å². The lowest BCUT2D eigenvalue weighted by molar-refractivity contribution is -0.139. The van der Waals surface area contributed by atoms with Crippen molar-refractivity contribution in [3.05, 3.63) is 59.2 Å². The molecule has 10 heteroatoms. The van der Waals surface area contributed by atoms with Gasteiger partial charge in [0, 0.05) is 5.75 Å². The fraction of sp³-hybridized carbons (Fsp3) is 0.280. The molecule has 35 heavy (non-hydrogen) atoms. The topological polar surface area (TPSA) is 111 Å². The van der Waals surface area contributed by atoms with Crippen LogP contribution in [0.4, 0.5) is 10.5 Å². The van der Waals surface area contributed by atoms with Gasteiger partial charge in [-0.15, -0.1) is 11.8 Å². The van der Waals surface area contributed by atoms with Crippen molar-refractivity contribution in [1.82, 2.24) is 5.32 Å². The van der Waals surface area contributed by atoms with Gasteiger partial charge in [0.25, 0.3) is 11.8 Å². The zero-order valence-electron chi connectivity index (χ0n) is 19.7. The van der Waals surface area contributed by atoms with Crippen molar-refractivity contribution in [2.45, 2.75) is 13.8 Å². The van der Waals surface area contributed by atoms with Crippen LogP contribution in [0, 0.1) is 6.92 Å². The molecule has 0 unspecified atom stereocenters. The van der Waals surface area contributed by atoms with Gasteiger partial charge in [-0.05, 0) is 55.3 Å². The fourth-order valence-corrected chi connectivity index (χ4v) is 3.88. The standard InChI is InChI=1S/C25H26N2O7S/c1-4-33-22(28)15-35-11-10-34-20-9-8-17(14-21(20)32-3)13-19-23(29)26-25(31)27(24(19)30)18-7-5-6-16(2)12-18/h5-9,12-14H,4,10-11,15H2,1-3H3,(H,26,29,31)/b19-13-. The van der Waals surface area contributed by atoms with Crippen molar-refractivity contribution < 1.29 is 33.4 Å². The summed E-state index contributed by atoms with van der Waals surface area (Å²) in [5.41, 5.74) is 1.57. The number of nitrogens with one attached hydrogen (secondary N) is 1. The monoisotopic (exact) mass is 498 g/mol. The van der Waals surface area contributed by atoms with Crippen LogP contribution in [0.1, 0.15) is 18.1 Å². The van der Waals surface area contributed by atoms with Crippen molar-refractivity contribution in [3.63, 3.8) is 0 Å². The van der Waals surface area contributed by atoms with Crippen LogP contribution >= 0.6 is 11.8 Å². The van der Waals surface area contributed by atoms with Crippen LogP contribution in [0.2, 0.25) is 0 Å². The van der Waals surface area contributed by atoms with Crippen LogP contribution in [0.5, 0.6) is 11.5 Å². The summed E-state index contributed by atoms with van der Waals surface area (Å²) in [6, 6.07) is 11.0. The molecule has 1 heterocycles. The summed E-state index contributed by atoms with van der Waals surface area (Å²) in [6.45, 7) is 4.29. The van der Waals surface area contributed by atoms with Crippen LogP contribution in [0.3, 0.4) is 0 Å². The molecule has 3 rings (SSSR count). The SMILES string of the molecule is CCOC(=O)CSCCOc1ccc(/C=C2/C(=O)NC(=O)N(c3cccc(C)c3)C2=O)cc1OC. The number of carbonyl (C=O) groups excluding carboxylic acids is 4. The predicted octanol–water partition coefficient (Wildman–Crippen LogP) is 3.35. The Morgan fingerprint density at radius 3 is 2.63 bits per heavy atom. The van der Waals surface area contributed by atoms with Crippen molar-refractivity contribution in [2.75, 3.05) is 36.7 Å². The van der Waals surface area contributed by atoms with Crippen LogP contribution in [0.25, 0.3) is 6.08 Å². The van der Waals surface area contributed by atoms with E-state index in [0.717, 1.165) is 10.5 Å². The van der Waals surface area contributed by atoms with Gasteiger partial charge in [-0.1, -0.05) is 18.2 Å². The first-order valence-corrected chi connectivity index (χ1v) is 12.0. The van der Waals surface area contributed by atoms with Gasteiger partial charge in [-0.3, -0.25) is 19.7 Å². The first-order chi connectivity index (χ1) is 16.8. The number of hydrogen-bond donors (Lipinski definition) is 1. The number of hydrogen-bond acceptors (Lipinski definition) is 8. The molecule has 1 saturated heterocycles. The van der Waals surface area contributed by atoms with E-state index >= 15 is 0 Å². The number of anilines is 1. The van der Waals surface area contributed by atoms with Gasteiger partial charge in [0.05, 0.1) is 31.8 Å². The van der Waals surface area contributed by atoms with Gasteiger partial charge in [0.15, 0.2) is 11.5 Å². The maximum Gasteiger partial charge on any atom is 0.335 e. The van der Waals surface area contributed by atoms with E-state index in [0.29, 0.717) is 41.7 Å². The molecule has 0 bridgehead atoms. The minimum Gasteiger partial charge on any atom is -0.493 e. The van der Waals surface area contributed by atoms with Gasteiger partial charge < -0.3 is 14.2 Å². The molecule has 184 valence electrons. The Balaban J connectivity index is 1.73. The van der Waals surface area contributed by atoms with E-state index in [4.69, 9.17) is 14.2 Å². The molecule has 2 aromatic carbocycles. The summed E-state index contributed by atoms with van der Waals surface area (Å²) in [4.78, 5) is 50.2. The summed E-state index contributed by atoms with van der Waals surface area (Å²) in [6.07, 6.45) is 1.40. The van der Waals surface area contributed by atoms with Crippen LogP contribution in [-0.2, 0) is 19.1 Å². The van der Waals surface area contributed by atoms with Gasteiger partial charge >= 0.3 is 12.0 Å². The summed E-state index contributed by atoms with van der Waals surface area (Å²) in [7, 11) is 1.48. The molecular formula is C25H26N2O7S. The maximum absolute atomic E-state index is 13.1. The minimum atomic E-state index is -0.801. The number of carbonyl (C=O) groups is 4. The smallest absolute Gasteiger partial charge is 0.335 e. The van der Waals surface area contributed by atoms with E-state index in [9.17, 15) is 19.2 Å². The average Bonchev–Trinajstić information content (AvgIpc) is 2.82. The number of barbiturate groups is 1. The second-order valence-electron chi connectivity index (χ2n) is 7.41. The number of thioether (sulfide) groups is 1. The minimum absolute atomic E-state index is 0.183. The number of aryl methyl sites for hydroxylation is 1. The third-order valence-corrected chi connectivity index (χ3v) is 5.77. The van der Waals surface area contributed by atoms with E-state index in [1.54, 1.807) is 43.3 Å². The molecule has 2 aromatic rings. The first kappa shape index (κ1) is 25.8. The first-order valence-electron chi connectivity index (χ1n) is 10.9. The molecule has 0 spiro atoms. The summed E-state index contributed by atoms with van der Waals surface area (Å²) < 4.78 is 16.0. The van der Waals surface area contributed by atoms with Crippen molar-refractivity contribution in [3.8, 4) is 11.5 Å². The summed E-state index contributed by atoms with van der Waals surface area (Å²) in [5, 5.41) is 2.21. The average molecular weight is 499 g/mol. The lowest BCUT2D eigenvalue weighted by Crippen LogP contribution is -2.54. The molecule has 4 amide bonds. The van der Waals surface area contributed by atoms with Crippen LogP contribution in [-0.4, -0.2) is 55.6 Å². The highest BCUT2D eigenvalue weighted by Crippen LogP contribution is 2.30. The molecule has 1 aliphatic heterocycles. The highest BCUT2D eigenvalue weighted by Gasteiger charge is 2.36. The Morgan fingerprint density at radius 1 is 1.11 bits per heavy atom. The number of rotatable bonds is 10. The molecule has 0 atom stereocenters. The number of imide groups is 2. The lowest BCUT2D eigenvalue weighted by atomic mass is 10.1. The molecular weight excluding hydrogens is 472 g/mol. The van der Waals surface area contributed by atoms with E-state index in [-0.39, 0.29) is 17.3 Å². The zero-order valence-corrected chi connectivity index (χ0v) is 20.5. The number of nitrogens with zero attached hydrogens (tertiary/aromatic N) is 1. The Hall–Kier alpha value is -3.79. The molecule has 0 saturated carbocycles. The largest absolute Gasteiger partial charge is 0.493 e. The number of methoxy groups -OCH3 is 1. The molecule has 0 aliphatic carbocycles. The van der Waals surface area contributed by atoms with Crippen molar-refractivity contribution in [2.24, 2.45) is 0 Å². The van der Waals surface area contributed by atoms with Gasteiger partial charge in [-0.25, -0.2) is 9.69 Å². The fourth-order valence-electron chi connectivity index (χ4n) is 3.29. The second-order valence-corrected chi connectivity index (χ2v) is 8.52. The van der Waals surface area contributed by atoms with Crippen molar-refractivity contribution >= 4 is 47.3 Å². The molecule has 1 fully saturated rings. The molecule has 1 aliphatic rings. The Labute approximate surface area is 207 Å². The quantitative estimate of drug-likeness (QED) is 0.230. The Morgan fingerprint density at radius 2 is 1.91 bits per heavy atom. The summed E-state index contributed by atoms with van der Waals surface area (Å²) in [5.74, 6) is -0.0579. The third-order valence-electron chi connectivity index (χ3n) is 4.87. The summed E-state index contributed by atoms with van der Waals surface area (Å²) >= 11 is 1.40. The number of benzene rings is 2. The van der Waals surface area contributed by atoms with Gasteiger partial charge in [0.1, 0.15) is 5.57 Å². The third kappa shape index (κ3) is 6.63.